The van der Waals surface area contributed by atoms with Gasteiger partial charge in [-0.15, -0.1) is 0 Å². The van der Waals surface area contributed by atoms with Crippen LogP contribution in [0, 0.1) is 25.2 Å². The quantitative estimate of drug-likeness (QED) is 0.567. The van der Waals surface area contributed by atoms with Crippen molar-refractivity contribution in [3.8, 4) is 6.07 Å². The Morgan fingerprint density at radius 1 is 0.923 bits per heavy atom. The number of amides is 2. The second kappa shape index (κ2) is 8.49. The van der Waals surface area contributed by atoms with Gasteiger partial charge >= 0.3 is 0 Å². The maximum absolute atomic E-state index is 12.2. The van der Waals surface area contributed by atoms with E-state index < -0.39 is 5.91 Å². The largest absolute Gasteiger partial charge is 0.360 e. The zero-order valence-electron chi connectivity index (χ0n) is 14.9. The van der Waals surface area contributed by atoms with Gasteiger partial charge in [0.05, 0.1) is 0 Å². The highest BCUT2D eigenvalue weighted by Crippen LogP contribution is 2.16. The Bertz CT molecular complexity index is 873. The number of carbonyl (C=O) groups is 2. The molecule has 2 aromatic rings. The molecule has 0 aromatic heterocycles. The Balaban J connectivity index is 2.06. The Morgan fingerprint density at radius 2 is 1.46 bits per heavy atom. The van der Waals surface area contributed by atoms with Gasteiger partial charge in [-0.1, -0.05) is 6.07 Å². The Labute approximate surface area is 152 Å². The first-order valence-electron chi connectivity index (χ1n) is 8.01. The van der Waals surface area contributed by atoms with E-state index in [1.165, 1.54) is 13.1 Å². The monoisotopic (exact) mass is 348 g/mol. The number of benzene rings is 2. The third-order valence-electron chi connectivity index (χ3n) is 3.43. The molecular weight excluding hydrogens is 328 g/mol. The number of nitrogens with one attached hydrogen (secondary N) is 3. The van der Waals surface area contributed by atoms with Gasteiger partial charge in [-0.2, -0.15) is 5.26 Å². The summed E-state index contributed by atoms with van der Waals surface area (Å²) < 4.78 is 0. The van der Waals surface area contributed by atoms with Gasteiger partial charge in [0.25, 0.3) is 5.91 Å². The lowest BCUT2D eigenvalue weighted by Crippen LogP contribution is -2.14. The Morgan fingerprint density at radius 3 is 1.96 bits per heavy atom. The van der Waals surface area contributed by atoms with E-state index in [1.807, 2.05) is 38.1 Å². The fraction of sp³-hybridized carbons (Fsp3) is 0.150. The van der Waals surface area contributed by atoms with Crippen LogP contribution in [-0.2, 0) is 9.59 Å². The lowest BCUT2D eigenvalue weighted by Gasteiger charge is -2.08. The van der Waals surface area contributed by atoms with Crippen molar-refractivity contribution >= 4 is 28.9 Å². The molecule has 0 spiro atoms. The molecule has 0 aliphatic rings. The summed E-state index contributed by atoms with van der Waals surface area (Å²) in [5.74, 6) is -0.689. The van der Waals surface area contributed by atoms with Crippen molar-refractivity contribution < 1.29 is 9.59 Å². The van der Waals surface area contributed by atoms with Crippen LogP contribution in [0.5, 0.6) is 0 Å². The van der Waals surface area contributed by atoms with Gasteiger partial charge in [-0.3, -0.25) is 9.59 Å². The molecular formula is C20H20N4O2. The van der Waals surface area contributed by atoms with Crippen molar-refractivity contribution in [3.63, 3.8) is 0 Å². The van der Waals surface area contributed by atoms with Crippen molar-refractivity contribution in [2.45, 2.75) is 20.8 Å². The van der Waals surface area contributed by atoms with Crippen molar-refractivity contribution in [3.05, 3.63) is 65.4 Å². The summed E-state index contributed by atoms with van der Waals surface area (Å²) >= 11 is 0. The van der Waals surface area contributed by atoms with E-state index in [0.717, 1.165) is 16.8 Å². The first-order chi connectivity index (χ1) is 12.4. The minimum Gasteiger partial charge on any atom is -0.360 e. The van der Waals surface area contributed by atoms with Crippen LogP contribution in [0.3, 0.4) is 0 Å². The number of anilines is 3. The molecule has 0 saturated carbocycles. The number of nitrogens with zero attached hydrogens (tertiary/aromatic N) is 1. The molecule has 0 atom stereocenters. The van der Waals surface area contributed by atoms with E-state index >= 15 is 0 Å². The van der Waals surface area contributed by atoms with Gasteiger partial charge in [0, 0.05) is 30.2 Å². The Kier molecular flexibility index (Phi) is 6.12. The lowest BCUT2D eigenvalue weighted by molar-refractivity contribution is -0.114. The minimum absolute atomic E-state index is 0.0462. The number of hydrogen-bond acceptors (Lipinski definition) is 4. The van der Waals surface area contributed by atoms with Crippen molar-refractivity contribution in [1.82, 2.24) is 0 Å². The van der Waals surface area contributed by atoms with E-state index in [2.05, 4.69) is 16.0 Å². The second-order valence-corrected chi connectivity index (χ2v) is 5.90. The van der Waals surface area contributed by atoms with E-state index in [-0.39, 0.29) is 11.5 Å². The highest BCUT2D eigenvalue weighted by Gasteiger charge is 2.09. The average molecular weight is 348 g/mol. The van der Waals surface area contributed by atoms with Gasteiger partial charge in [-0.05, 0) is 61.4 Å². The van der Waals surface area contributed by atoms with Crippen LogP contribution in [0.25, 0.3) is 0 Å². The number of carbonyl (C=O) groups excluding carboxylic acids is 2. The fourth-order valence-electron chi connectivity index (χ4n) is 2.40. The molecule has 0 aliphatic carbocycles. The highest BCUT2D eigenvalue weighted by atomic mass is 16.2. The van der Waals surface area contributed by atoms with E-state index in [0.29, 0.717) is 11.4 Å². The van der Waals surface area contributed by atoms with E-state index in [4.69, 9.17) is 0 Å². The maximum Gasteiger partial charge on any atom is 0.267 e. The van der Waals surface area contributed by atoms with Crippen molar-refractivity contribution in [1.29, 1.82) is 5.26 Å². The van der Waals surface area contributed by atoms with Crippen LogP contribution in [0.1, 0.15) is 18.1 Å². The predicted molar refractivity (Wildman–Crippen MR) is 103 cm³/mol. The second-order valence-electron chi connectivity index (χ2n) is 5.90. The number of aryl methyl sites for hydroxylation is 2. The summed E-state index contributed by atoms with van der Waals surface area (Å²) in [5, 5.41) is 17.5. The molecule has 2 rings (SSSR count). The van der Waals surface area contributed by atoms with Gasteiger partial charge in [-0.25, -0.2) is 0 Å². The standard InChI is InChI=1S/C20H20N4O2/c1-13-8-14(2)10-19(9-13)22-12-16(11-21)20(26)24-18-6-4-17(5-7-18)23-15(3)25/h4-10,12,22H,1-3H3,(H,23,25)(H,24,26)/b16-12-. The molecule has 2 aromatic carbocycles. The fourth-order valence-corrected chi connectivity index (χ4v) is 2.40. The summed E-state index contributed by atoms with van der Waals surface area (Å²) in [6.07, 6.45) is 1.38. The van der Waals surface area contributed by atoms with Gasteiger partial charge in [0.2, 0.25) is 5.91 Å². The highest BCUT2D eigenvalue weighted by molar-refractivity contribution is 6.06. The molecule has 3 N–H and O–H groups in total. The van der Waals surface area contributed by atoms with Crippen LogP contribution in [0.4, 0.5) is 17.1 Å². The van der Waals surface area contributed by atoms with Crippen molar-refractivity contribution in [2.24, 2.45) is 0 Å². The van der Waals surface area contributed by atoms with Crippen LogP contribution in [0.2, 0.25) is 0 Å². The third-order valence-corrected chi connectivity index (χ3v) is 3.43. The molecule has 132 valence electrons. The average Bonchev–Trinajstić information content (AvgIpc) is 2.56. The molecule has 0 bridgehead atoms. The topological polar surface area (TPSA) is 94.0 Å². The minimum atomic E-state index is -0.517. The summed E-state index contributed by atoms with van der Waals surface area (Å²) in [4.78, 5) is 23.3. The smallest absolute Gasteiger partial charge is 0.267 e. The molecule has 0 unspecified atom stereocenters. The summed E-state index contributed by atoms with van der Waals surface area (Å²) in [5.41, 5.74) is 4.09. The van der Waals surface area contributed by atoms with E-state index in [1.54, 1.807) is 24.3 Å². The summed E-state index contributed by atoms with van der Waals surface area (Å²) in [6.45, 7) is 5.37. The van der Waals surface area contributed by atoms with Crippen LogP contribution in [0.15, 0.2) is 54.2 Å². The molecule has 0 radical (unpaired) electrons. The molecule has 6 nitrogen and oxygen atoms in total. The van der Waals surface area contributed by atoms with Crippen molar-refractivity contribution in [2.75, 3.05) is 16.0 Å². The normalized spacial score (nSPS) is 10.6. The summed E-state index contributed by atoms with van der Waals surface area (Å²) in [6, 6.07) is 14.4. The van der Waals surface area contributed by atoms with Gasteiger partial charge < -0.3 is 16.0 Å². The number of rotatable bonds is 5. The predicted octanol–water partition coefficient (Wildman–Crippen LogP) is 3.72. The molecule has 0 heterocycles. The lowest BCUT2D eigenvalue weighted by atomic mass is 10.1. The van der Waals surface area contributed by atoms with Crippen LogP contribution in [-0.4, -0.2) is 11.8 Å². The Hall–Kier alpha value is -3.59. The first-order valence-corrected chi connectivity index (χ1v) is 8.01. The molecule has 26 heavy (non-hydrogen) atoms. The van der Waals surface area contributed by atoms with Crippen LogP contribution >= 0.6 is 0 Å². The van der Waals surface area contributed by atoms with Gasteiger partial charge in [0.15, 0.2) is 0 Å². The van der Waals surface area contributed by atoms with Gasteiger partial charge in [0.1, 0.15) is 11.6 Å². The first kappa shape index (κ1) is 18.7. The molecule has 0 aliphatic heterocycles. The number of hydrogen-bond donors (Lipinski definition) is 3. The third kappa shape index (κ3) is 5.49. The number of nitriles is 1. The van der Waals surface area contributed by atoms with Crippen LogP contribution < -0.4 is 16.0 Å². The maximum atomic E-state index is 12.2. The van der Waals surface area contributed by atoms with E-state index in [9.17, 15) is 14.9 Å². The summed E-state index contributed by atoms with van der Waals surface area (Å²) in [7, 11) is 0. The molecule has 0 fully saturated rings. The molecule has 0 saturated heterocycles. The zero-order valence-corrected chi connectivity index (χ0v) is 14.9. The molecule has 2 amide bonds. The SMILES string of the molecule is CC(=O)Nc1ccc(NC(=O)/C(C#N)=C\Nc2cc(C)cc(C)c2)cc1. The zero-order chi connectivity index (χ0) is 19.1. The molecule has 6 heteroatoms.